The van der Waals surface area contributed by atoms with Gasteiger partial charge in [0, 0.05) is 11.7 Å². The first-order chi connectivity index (χ1) is 10.6. The molecule has 0 aromatic carbocycles. The van der Waals surface area contributed by atoms with Gasteiger partial charge in [-0.25, -0.2) is 4.79 Å². The van der Waals surface area contributed by atoms with Gasteiger partial charge in [0.1, 0.15) is 13.2 Å². The molecule has 2 radical (unpaired) electrons. The van der Waals surface area contributed by atoms with Crippen molar-refractivity contribution in [2.45, 2.75) is 20.0 Å². The van der Waals surface area contributed by atoms with Crippen LogP contribution >= 0.6 is 0 Å². The van der Waals surface area contributed by atoms with Crippen molar-refractivity contribution in [3.05, 3.63) is 44.2 Å². The van der Waals surface area contributed by atoms with E-state index in [1.54, 1.807) is 0 Å². The number of aromatic nitrogens is 3. The number of H-pyrrole nitrogens is 1. The number of aromatic amines is 1. The molecule has 0 fully saturated rings. The summed E-state index contributed by atoms with van der Waals surface area (Å²) in [5, 5.41) is 3.74. The van der Waals surface area contributed by atoms with Gasteiger partial charge in [0.15, 0.2) is 12.4 Å². The van der Waals surface area contributed by atoms with E-state index in [1.807, 2.05) is 6.92 Å². The van der Waals surface area contributed by atoms with Crippen LogP contribution < -0.4 is 21.5 Å². The normalized spacial score (nSPS) is 11.0. The van der Waals surface area contributed by atoms with Crippen molar-refractivity contribution < 1.29 is 13.7 Å². The van der Waals surface area contributed by atoms with Gasteiger partial charge in [-0.05, 0) is 18.1 Å². The standard InChI is InChI=1S/C13H10BN3O5/c1-2-6-3-9(18)21-12-10(6)11(19)15-13(16-12)20-5-7-4-8(14)17-22-7/h3-4H,2,5H2,1H3,(H,15,16,19). The van der Waals surface area contributed by atoms with Crippen LogP contribution in [0.15, 0.2) is 30.7 Å². The zero-order chi connectivity index (χ0) is 15.7. The van der Waals surface area contributed by atoms with E-state index in [-0.39, 0.29) is 29.3 Å². The molecule has 0 bridgehead atoms. The van der Waals surface area contributed by atoms with Gasteiger partial charge in [0.05, 0.1) is 0 Å². The summed E-state index contributed by atoms with van der Waals surface area (Å²) >= 11 is 0. The molecule has 0 aliphatic heterocycles. The first-order valence-electron chi connectivity index (χ1n) is 6.47. The topological polar surface area (TPSA) is 111 Å². The summed E-state index contributed by atoms with van der Waals surface area (Å²) in [6, 6.07) is 2.66. The van der Waals surface area contributed by atoms with Crippen molar-refractivity contribution in [2.24, 2.45) is 0 Å². The largest absolute Gasteiger partial charge is 0.456 e. The van der Waals surface area contributed by atoms with Crippen molar-refractivity contribution in [3.63, 3.8) is 0 Å². The van der Waals surface area contributed by atoms with Gasteiger partial charge >= 0.3 is 5.63 Å². The van der Waals surface area contributed by atoms with Crippen molar-refractivity contribution in [1.29, 1.82) is 0 Å². The highest BCUT2D eigenvalue weighted by Crippen LogP contribution is 2.14. The Balaban J connectivity index is 1.98. The lowest BCUT2D eigenvalue weighted by molar-refractivity contribution is 0.233. The molecule has 3 aromatic rings. The van der Waals surface area contributed by atoms with Gasteiger partial charge in [-0.2, -0.15) is 4.98 Å². The van der Waals surface area contributed by atoms with Crippen LogP contribution in [0, 0.1) is 0 Å². The Morgan fingerprint density at radius 2 is 2.18 bits per heavy atom. The van der Waals surface area contributed by atoms with Crippen LogP contribution in [0.25, 0.3) is 11.1 Å². The molecule has 0 saturated heterocycles. The molecule has 110 valence electrons. The molecule has 3 aromatic heterocycles. The quantitative estimate of drug-likeness (QED) is 0.664. The van der Waals surface area contributed by atoms with Crippen molar-refractivity contribution in [3.8, 4) is 6.01 Å². The third kappa shape index (κ3) is 2.65. The number of rotatable bonds is 4. The number of ether oxygens (including phenoxy) is 1. The average molecular weight is 299 g/mol. The molecule has 22 heavy (non-hydrogen) atoms. The zero-order valence-electron chi connectivity index (χ0n) is 11.6. The first-order valence-corrected chi connectivity index (χ1v) is 6.47. The lowest BCUT2D eigenvalue weighted by atomic mass is 10.1. The fourth-order valence-electron chi connectivity index (χ4n) is 2.01. The molecule has 3 heterocycles. The van der Waals surface area contributed by atoms with Gasteiger partial charge in [0.25, 0.3) is 11.6 Å². The van der Waals surface area contributed by atoms with E-state index >= 15 is 0 Å². The molecule has 0 saturated carbocycles. The Kier molecular flexibility index (Phi) is 3.54. The van der Waals surface area contributed by atoms with E-state index in [0.29, 0.717) is 17.7 Å². The van der Waals surface area contributed by atoms with Crippen LogP contribution in [0.2, 0.25) is 0 Å². The summed E-state index contributed by atoms with van der Waals surface area (Å²) in [5.74, 6) is 0.365. The monoisotopic (exact) mass is 299 g/mol. The number of fused-ring (bicyclic) bond motifs is 1. The van der Waals surface area contributed by atoms with Gasteiger partial charge in [0.2, 0.25) is 5.71 Å². The maximum absolute atomic E-state index is 12.1. The number of hydrogen-bond donors (Lipinski definition) is 1. The van der Waals surface area contributed by atoms with E-state index in [0.717, 1.165) is 0 Å². The van der Waals surface area contributed by atoms with E-state index in [2.05, 4.69) is 15.1 Å². The third-order valence-corrected chi connectivity index (χ3v) is 2.98. The average Bonchev–Trinajstić information content (AvgIpc) is 2.89. The van der Waals surface area contributed by atoms with E-state index < -0.39 is 11.2 Å². The van der Waals surface area contributed by atoms with Crippen molar-refractivity contribution in [1.82, 2.24) is 15.1 Å². The summed E-state index contributed by atoms with van der Waals surface area (Å²) in [7, 11) is 5.41. The van der Waals surface area contributed by atoms with Crippen molar-refractivity contribution >= 4 is 24.5 Å². The lowest BCUT2D eigenvalue weighted by Gasteiger charge is -2.05. The van der Waals surface area contributed by atoms with E-state index in [4.69, 9.17) is 21.5 Å². The highest BCUT2D eigenvalue weighted by molar-refractivity contribution is 6.30. The van der Waals surface area contributed by atoms with Crippen LogP contribution in [0.5, 0.6) is 6.01 Å². The molecule has 0 spiro atoms. The predicted octanol–water partition coefficient (Wildman–Crippen LogP) is -0.201. The molecule has 0 unspecified atom stereocenters. The fourth-order valence-corrected chi connectivity index (χ4v) is 2.01. The Morgan fingerprint density at radius 3 is 2.86 bits per heavy atom. The molecule has 0 aliphatic rings. The second-order valence-corrected chi connectivity index (χ2v) is 4.50. The first kappa shape index (κ1) is 14.1. The number of nitrogens with one attached hydrogen (secondary N) is 1. The second kappa shape index (κ2) is 5.51. The number of hydrogen-bond acceptors (Lipinski definition) is 7. The third-order valence-electron chi connectivity index (χ3n) is 2.98. The van der Waals surface area contributed by atoms with Crippen LogP contribution in [-0.2, 0) is 13.0 Å². The summed E-state index contributed by atoms with van der Waals surface area (Å²) in [6.45, 7) is 1.79. The smallest absolute Gasteiger partial charge is 0.337 e. The zero-order valence-corrected chi connectivity index (χ0v) is 11.6. The molecule has 9 heteroatoms. The molecule has 3 rings (SSSR count). The summed E-state index contributed by atoms with van der Waals surface area (Å²) in [6.07, 6.45) is 0.504. The van der Waals surface area contributed by atoms with Gasteiger partial charge < -0.3 is 13.7 Å². The Labute approximate surface area is 124 Å². The highest BCUT2D eigenvalue weighted by atomic mass is 16.5. The van der Waals surface area contributed by atoms with Crippen LogP contribution in [0.3, 0.4) is 0 Å². The SMILES string of the molecule is [B]c1cc(COc2nc3oc(=O)cc(CC)c3c(=O)[nH]2)on1. The van der Waals surface area contributed by atoms with Gasteiger partial charge in [-0.15, -0.1) is 0 Å². The van der Waals surface area contributed by atoms with Crippen LogP contribution in [-0.4, -0.2) is 23.0 Å². The minimum atomic E-state index is -0.573. The van der Waals surface area contributed by atoms with E-state index in [9.17, 15) is 9.59 Å². The summed E-state index contributed by atoms with van der Waals surface area (Å²) in [4.78, 5) is 30.1. The maximum Gasteiger partial charge on any atom is 0.337 e. The van der Waals surface area contributed by atoms with Gasteiger partial charge in [-0.3, -0.25) is 9.78 Å². The lowest BCUT2D eigenvalue weighted by Crippen LogP contribution is -2.15. The summed E-state index contributed by atoms with van der Waals surface area (Å²) in [5.41, 5.74) is -0.305. The highest BCUT2D eigenvalue weighted by Gasteiger charge is 2.12. The minimum absolute atomic E-state index is 0.0314. The van der Waals surface area contributed by atoms with Gasteiger partial charge in [-0.1, -0.05) is 12.1 Å². The second-order valence-electron chi connectivity index (χ2n) is 4.50. The minimum Gasteiger partial charge on any atom is -0.456 e. The Bertz CT molecular complexity index is 943. The number of nitrogens with zero attached hydrogens (tertiary/aromatic N) is 2. The molecular weight excluding hydrogens is 289 g/mol. The maximum atomic E-state index is 12.1. The summed E-state index contributed by atoms with van der Waals surface area (Å²) < 4.78 is 15.1. The number of aryl methyl sites for hydroxylation is 1. The Hall–Kier alpha value is -2.84. The van der Waals surface area contributed by atoms with Crippen LogP contribution in [0.1, 0.15) is 18.2 Å². The van der Waals surface area contributed by atoms with E-state index in [1.165, 1.54) is 12.1 Å². The van der Waals surface area contributed by atoms with Crippen LogP contribution in [0.4, 0.5) is 0 Å². The predicted molar refractivity (Wildman–Crippen MR) is 76.5 cm³/mol. The molecule has 1 N–H and O–H groups in total. The fraction of sp³-hybridized carbons (Fsp3) is 0.231. The molecule has 0 amide bonds. The molecule has 8 nitrogen and oxygen atoms in total. The molecular formula is C13H10BN3O5. The van der Waals surface area contributed by atoms with Crippen molar-refractivity contribution in [2.75, 3.05) is 0 Å². The Morgan fingerprint density at radius 1 is 1.36 bits per heavy atom. The molecule has 0 aliphatic carbocycles. The molecule has 0 atom stereocenters.